The SMILES string of the molecule is CCCCCCCCC[C@@H](CCCCCCCC(C)C1C[C@H]1CCCCCCCC)N(C)C. The molecule has 0 saturated heterocycles. The lowest BCUT2D eigenvalue weighted by Gasteiger charge is -2.24. The summed E-state index contributed by atoms with van der Waals surface area (Å²) in [4.78, 5) is 2.50. The Morgan fingerprint density at radius 3 is 1.48 bits per heavy atom. The summed E-state index contributed by atoms with van der Waals surface area (Å²) in [5, 5.41) is 0. The standard InChI is InChI=1S/C32H65N/c1-6-8-10-12-14-18-22-26-31(33(4)5)27-23-19-15-16-20-24-29(3)32-28-30(32)25-21-17-13-11-9-7-2/h29-32H,6-28H2,1-5H3/t29?,30-,31+,32?/m1/s1. The molecule has 0 aliphatic heterocycles. The van der Waals surface area contributed by atoms with Crippen LogP contribution >= 0.6 is 0 Å². The van der Waals surface area contributed by atoms with Crippen LogP contribution in [0.25, 0.3) is 0 Å². The Hall–Kier alpha value is -0.0400. The molecule has 198 valence electrons. The second-order valence-corrected chi connectivity index (χ2v) is 12.1. The maximum atomic E-state index is 2.55. The van der Waals surface area contributed by atoms with Gasteiger partial charge in [0.1, 0.15) is 0 Å². The van der Waals surface area contributed by atoms with Crippen molar-refractivity contribution in [3.63, 3.8) is 0 Å². The third kappa shape index (κ3) is 17.1. The summed E-state index contributed by atoms with van der Waals surface area (Å²) >= 11 is 0. The van der Waals surface area contributed by atoms with E-state index in [0.29, 0.717) is 0 Å². The Labute approximate surface area is 211 Å². The maximum Gasteiger partial charge on any atom is 0.00891 e. The van der Waals surface area contributed by atoms with Gasteiger partial charge in [-0.05, 0) is 51.1 Å². The number of hydrogen-bond donors (Lipinski definition) is 0. The summed E-state index contributed by atoms with van der Waals surface area (Å²) in [6.07, 6.45) is 33.6. The highest BCUT2D eigenvalue weighted by atomic mass is 15.1. The van der Waals surface area contributed by atoms with E-state index in [1.54, 1.807) is 6.42 Å². The first-order chi connectivity index (χ1) is 16.1. The largest absolute Gasteiger partial charge is 0.306 e. The van der Waals surface area contributed by atoms with Gasteiger partial charge in [0.2, 0.25) is 0 Å². The van der Waals surface area contributed by atoms with Crippen molar-refractivity contribution in [2.45, 2.75) is 174 Å². The van der Waals surface area contributed by atoms with E-state index in [2.05, 4.69) is 39.8 Å². The third-order valence-electron chi connectivity index (χ3n) is 8.70. The van der Waals surface area contributed by atoms with Crippen molar-refractivity contribution in [1.82, 2.24) is 4.90 Å². The second kappa shape index (κ2) is 21.3. The summed E-state index contributed by atoms with van der Waals surface area (Å²) in [6.45, 7) is 7.18. The zero-order valence-electron chi connectivity index (χ0n) is 24.0. The molecular formula is C32H65N. The van der Waals surface area contributed by atoms with E-state index in [0.717, 1.165) is 23.8 Å². The van der Waals surface area contributed by atoms with Crippen molar-refractivity contribution in [3.8, 4) is 0 Å². The van der Waals surface area contributed by atoms with Crippen LogP contribution in [0.5, 0.6) is 0 Å². The minimum absolute atomic E-state index is 0.819. The molecule has 33 heavy (non-hydrogen) atoms. The van der Waals surface area contributed by atoms with E-state index >= 15 is 0 Å². The van der Waals surface area contributed by atoms with Gasteiger partial charge in [-0.25, -0.2) is 0 Å². The highest BCUT2D eigenvalue weighted by Crippen LogP contribution is 2.48. The van der Waals surface area contributed by atoms with Gasteiger partial charge in [-0.15, -0.1) is 0 Å². The van der Waals surface area contributed by atoms with Crippen LogP contribution in [0.4, 0.5) is 0 Å². The average molecular weight is 464 g/mol. The Balaban J connectivity index is 1.93. The van der Waals surface area contributed by atoms with E-state index in [-0.39, 0.29) is 0 Å². The quantitative estimate of drug-likeness (QED) is 0.122. The molecule has 0 radical (unpaired) electrons. The normalized spacial score (nSPS) is 19.8. The molecule has 0 spiro atoms. The molecule has 1 heteroatoms. The first kappa shape index (κ1) is 31.0. The van der Waals surface area contributed by atoms with Crippen LogP contribution in [0.3, 0.4) is 0 Å². The minimum atomic E-state index is 0.819. The van der Waals surface area contributed by atoms with Gasteiger partial charge in [-0.3, -0.25) is 0 Å². The molecule has 0 N–H and O–H groups in total. The Bertz CT molecular complexity index is 403. The predicted molar refractivity (Wildman–Crippen MR) is 151 cm³/mol. The van der Waals surface area contributed by atoms with Crippen LogP contribution in [0.2, 0.25) is 0 Å². The van der Waals surface area contributed by atoms with Crippen LogP contribution < -0.4 is 0 Å². The smallest absolute Gasteiger partial charge is 0.00891 e. The predicted octanol–water partition coefficient (Wildman–Crippen LogP) is 10.8. The number of hydrogen-bond acceptors (Lipinski definition) is 1. The third-order valence-corrected chi connectivity index (χ3v) is 8.70. The summed E-state index contributed by atoms with van der Waals surface area (Å²) in [6, 6.07) is 0.819. The lowest BCUT2D eigenvalue weighted by atomic mass is 9.95. The zero-order valence-corrected chi connectivity index (χ0v) is 24.0. The van der Waals surface area contributed by atoms with Crippen molar-refractivity contribution in [2.24, 2.45) is 17.8 Å². The van der Waals surface area contributed by atoms with E-state index in [9.17, 15) is 0 Å². The summed E-state index contributed by atoms with van der Waals surface area (Å²) < 4.78 is 0. The van der Waals surface area contributed by atoms with Crippen LogP contribution in [0.1, 0.15) is 168 Å². The monoisotopic (exact) mass is 464 g/mol. The van der Waals surface area contributed by atoms with Crippen molar-refractivity contribution < 1.29 is 0 Å². The summed E-state index contributed by atoms with van der Waals surface area (Å²) in [7, 11) is 4.59. The molecular weight excluding hydrogens is 398 g/mol. The van der Waals surface area contributed by atoms with Crippen LogP contribution in [-0.4, -0.2) is 25.0 Å². The molecule has 0 aromatic heterocycles. The van der Waals surface area contributed by atoms with Crippen LogP contribution in [0.15, 0.2) is 0 Å². The second-order valence-electron chi connectivity index (χ2n) is 12.1. The first-order valence-corrected chi connectivity index (χ1v) is 15.8. The fraction of sp³-hybridized carbons (Fsp3) is 1.00. The van der Waals surface area contributed by atoms with Gasteiger partial charge < -0.3 is 4.90 Å². The van der Waals surface area contributed by atoms with Crippen molar-refractivity contribution in [1.29, 1.82) is 0 Å². The molecule has 2 unspecified atom stereocenters. The minimum Gasteiger partial charge on any atom is -0.306 e. The molecule has 4 atom stereocenters. The van der Waals surface area contributed by atoms with Gasteiger partial charge in [0.25, 0.3) is 0 Å². The number of rotatable bonds is 25. The molecule has 0 heterocycles. The number of unbranched alkanes of at least 4 members (excludes halogenated alkanes) is 15. The van der Waals surface area contributed by atoms with E-state index in [1.807, 2.05) is 0 Å². The Morgan fingerprint density at radius 1 is 0.576 bits per heavy atom. The van der Waals surface area contributed by atoms with Gasteiger partial charge >= 0.3 is 0 Å². The molecule has 1 nitrogen and oxygen atoms in total. The number of nitrogens with zero attached hydrogens (tertiary/aromatic N) is 1. The molecule has 1 fully saturated rings. The van der Waals surface area contributed by atoms with Gasteiger partial charge in [-0.2, -0.15) is 0 Å². The molecule has 0 aromatic rings. The molecule has 1 rings (SSSR count). The average Bonchev–Trinajstić information content (AvgIpc) is 3.58. The van der Waals surface area contributed by atoms with Gasteiger partial charge in [0.05, 0.1) is 0 Å². The van der Waals surface area contributed by atoms with Crippen molar-refractivity contribution in [2.75, 3.05) is 14.1 Å². The van der Waals surface area contributed by atoms with E-state index in [4.69, 9.17) is 0 Å². The lowest BCUT2D eigenvalue weighted by Crippen LogP contribution is -2.27. The van der Waals surface area contributed by atoms with Crippen molar-refractivity contribution >= 4 is 0 Å². The summed E-state index contributed by atoms with van der Waals surface area (Å²) in [5.74, 6) is 3.19. The Kier molecular flexibility index (Phi) is 20.0. The van der Waals surface area contributed by atoms with Gasteiger partial charge in [0, 0.05) is 6.04 Å². The van der Waals surface area contributed by atoms with Gasteiger partial charge in [-0.1, -0.05) is 149 Å². The van der Waals surface area contributed by atoms with Gasteiger partial charge in [0.15, 0.2) is 0 Å². The molecule has 0 amide bonds. The first-order valence-electron chi connectivity index (χ1n) is 15.8. The topological polar surface area (TPSA) is 3.24 Å². The molecule has 1 aliphatic carbocycles. The highest BCUT2D eigenvalue weighted by Gasteiger charge is 2.39. The molecule has 1 aliphatic rings. The molecule has 0 bridgehead atoms. The van der Waals surface area contributed by atoms with Crippen LogP contribution in [0, 0.1) is 17.8 Å². The Morgan fingerprint density at radius 2 is 1.00 bits per heavy atom. The molecule has 0 aromatic carbocycles. The maximum absolute atomic E-state index is 2.55. The fourth-order valence-electron chi connectivity index (χ4n) is 6.08. The van der Waals surface area contributed by atoms with Crippen LogP contribution in [-0.2, 0) is 0 Å². The lowest BCUT2D eigenvalue weighted by molar-refractivity contribution is 0.251. The fourth-order valence-corrected chi connectivity index (χ4v) is 6.08. The zero-order chi connectivity index (χ0) is 24.2. The van der Waals surface area contributed by atoms with Crippen molar-refractivity contribution in [3.05, 3.63) is 0 Å². The van der Waals surface area contributed by atoms with E-state index in [1.165, 1.54) is 141 Å². The highest BCUT2D eigenvalue weighted by molar-refractivity contribution is 4.89. The van der Waals surface area contributed by atoms with E-state index < -0.39 is 0 Å². The molecule has 1 saturated carbocycles. The summed E-state index contributed by atoms with van der Waals surface area (Å²) in [5.41, 5.74) is 0.